The van der Waals surface area contributed by atoms with Gasteiger partial charge in [-0.1, -0.05) is 24.3 Å². The molecule has 148 valence electrons. The number of carbonyl (C=O) groups excluding carboxylic acids is 2. The number of nitrogens with zero attached hydrogens (tertiary/aromatic N) is 1. The van der Waals surface area contributed by atoms with Gasteiger partial charge in [-0.05, 0) is 48.9 Å². The van der Waals surface area contributed by atoms with Crippen molar-refractivity contribution in [1.29, 1.82) is 0 Å². The van der Waals surface area contributed by atoms with Crippen LogP contribution >= 0.6 is 0 Å². The second-order valence-electron chi connectivity index (χ2n) is 6.12. The minimum atomic E-state index is -0.453. The highest BCUT2D eigenvalue weighted by Crippen LogP contribution is 2.24. The molecule has 0 aliphatic heterocycles. The standard InChI is InChI=1S/C22H20FN3O3/c1-2-29-20-6-4-3-5-18(20)26-22(28)19-13-16(11-12-24-19)21(27)25-14-15-7-9-17(23)10-8-15/h3-13H,2,14H2,1H3,(H,25,27)(H,26,28). The molecule has 0 saturated carbocycles. The van der Waals surface area contributed by atoms with E-state index in [4.69, 9.17) is 4.74 Å². The van der Waals surface area contributed by atoms with E-state index in [0.29, 0.717) is 23.6 Å². The molecule has 0 spiro atoms. The van der Waals surface area contributed by atoms with E-state index in [-0.39, 0.29) is 24.0 Å². The molecule has 0 aliphatic carbocycles. The maximum Gasteiger partial charge on any atom is 0.274 e. The first-order chi connectivity index (χ1) is 14.1. The summed E-state index contributed by atoms with van der Waals surface area (Å²) in [6, 6.07) is 15.9. The maximum absolute atomic E-state index is 13.0. The predicted octanol–water partition coefficient (Wildman–Crippen LogP) is 3.80. The number of pyridine rings is 1. The Kier molecular flexibility index (Phi) is 6.52. The number of aromatic nitrogens is 1. The van der Waals surface area contributed by atoms with Crippen molar-refractivity contribution in [3.8, 4) is 5.75 Å². The van der Waals surface area contributed by atoms with Crippen LogP contribution in [0.25, 0.3) is 0 Å². The topological polar surface area (TPSA) is 80.3 Å². The molecule has 3 rings (SSSR count). The van der Waals surface area contributed by atoms with Crippen LogP contribution in [0.15, 0.2) is 66.9 Å². The quantitative estimate of drug-likeness (QED) is 0.640. The smallest absolute Gasteiger partial charge is 0.274 e. The lowest BCUT2D eigenvalue weighted by Gasteiger charge is -2.11. The summed E-state index contributed by atoms with van der Waals surface area (Å²) in [6.07, 6.45) is 1.40. The molecule has 0 aliphatic rings. The van der Waals surface area contributed by atoms with Gasteiger partial charge in [-0.25, -0.2) is 4.39 Å². The van der Waals surface area contributed by atoms with E-state index in [0.717, 1.165) is 5.56 Å². The number of ether oxygens (including phenoxy) is 1. The summed E-state index contributed by atoms with van der Waals surface area (Å²) in [5, 5.41) is 5.48. The van der Waals surface area contributed by atoms with Crippen LogP contribution in [0.3, 0.4) is 0 Å². The molecular weight excluding hydrogens is 373 g/mol. The second-order valence-corrected chi connectivity index (χ2v) is 6.12. The van der Waals surface area contributed by atoms with Gasteiger partial charge in [-0.2, -0.15) is 0 Å². The SMILES string of the molecule is CCOc1ccccc1NC(=O)c1cc(C(=O)NCc2ccc(F)cc2)ccn1. The molecular formula is C22H20FN3O3. The lowest BCUT2D eigenvalue weighted by atomic mass is 10.2. The van der Waals surface area contributed by atoms with Gasteiger partial charge in [0.25, 0.3) is 11.8 Å². The number of hydrogen-bond donors (Lipinski definition) is 2. The first-order valence-electron chi connectivity index (χ1n) is 9.08. The molecule has 0 radical (unpaired) electrons. The van der Waals surface area contributed by atoms with Gasteiger partial charge in [0.2, 0.25) is 0 Å². The first-order valence-corrected chi connectivity index (χ1v) is 9.08. The van der Waals surface area contributed by atoms with Crippen LogP contribution in [0, 0.1) is 5.82 Å². The fourth-order valence-electron chi connectivity index (χ4n) is 2.62. The molecule has 1 heterocycles. The van der Waals surface area contributed by atoms with E-state index in [1.807, 2.05) is 13.0 Å². The highest BCUT2D eigenvalue weighted by molar-refractivity contribution is 6.05. The predicted molar refractivity (Wildman–Crippen MR) is 107 cm³/mol. The minimum absolute atomic E-state index is 0.103. The monoisotopic (exact) mass is 393 g/mol. The Labute approximate surface area is 167 Å². The van der Waals surface area contributed by atoms with Crippen LogP contribution in [-0.2, 0) is 6.54 Å². The molecule has 0 bridgehead atoms. The number of anilines is 1. The third kappa shape index (κ3) is 5.38. The van der Waals surface area contributed by atoms with Gasteiger partial charge in [-0.3, -0.25) is 14.6 Å². The molecule has 2 N–H and O–H groups in total. The van der Waals surface area contributed by atoms with E-state index in [1.165, 1.54) is 30.5 Å². The Morgan fingerprint density at radius 1 is 1.03 bits per heavy atom. The Morgan fingerprint density at radius 3 is 2.55 bits per heavy atom. The third-order valence-corrected chi connectivity index (χ3v) is 4.06. The first kappa shape index (κ1) is 20.0. The molecule has 0 atom stereocenters. The van der Waals surface area contributed by atoms with E-state index >= 15 is 0 Å². The lowest BCUT2D eigenvalue weighted by Crippen LogP contribution is -2.23. The van der Waals surface area contributed by atoms with Crippen LogP contribution in [0.1, 0.15) is 33.3 Å². The Morgan fingerprint density at radius 2 is 1.79 bits per heavy atom. The van der Waals surface area contributed by atoms with Crippen molar-refractivity contribution in [3.05, 3.63) is 89.5 Å². The number of amides is 2. The summed E-state index contributed by atoms with van der Waals surface area (Å²) in [5.74, 6) is -0.599. The number of benzene rings is 2. The van der Waals surface area contributed by atoms with Crippen molar-refractivity contribution in [2.45, 2.75) is 13.5 Å². The van der Waals surface area contributed by atoms with Crippen molar-refractivity contribution < 1.29 is 18.7 Å². The van der Waals surface area contributed by atoms with Crippen LogP contribution in [-0.4, -0.2) is 23.4 Å². The molecule has 1 aromatic heterocycles. The van der Waals surface area contributed by atoms with Crippen LogP contribution in [0.2, 0.25) is 0 Å². The summed E-state index contributed by atoms with van der Waals surface area (Å²) < 4.78 is 18.4. The van der Waals surface area contributed by atoms with Gasteiger partial charge in [-0.15, -0.1) is 0 Å². The zero-order chi connectivity index (χ0) is 20.6. The van der Waals surface area contributed by atoms with Gasteiger partial charge >= 0.3 is 0 Å². The van der Waals surface area contributed by atoms with Crippen LogP contribution < -0.4 is 15.4 Å². The normalized spacial score (nSPS) is 10.3. The van der Waals surface area contributed by atoms with E-state index < -0.39 is 5.91 Å². The van der Waals surface area contributed by atoms with Crippen molar-refractivity contribution in [2.24, 2.45) is 0 Å². The lowest BCUT2D eigenvalue weighted by molar-refractivity contribution is 0.0951. The maximum atomic E-state index is 13.0. The Bertz CT molecular complexity index is 1010. The Balaban J connectivity index is 1.67. The van der Waals surface area contributed by atoms with Gasteiger partial charge in [0.15, 0.2) is 0 Å². The fourth-order valence-corrected chi connectivity index (χ4v) is 2.62. The Hall–Kier alpha value is -3.74. The number of nitrogens with one attached hydrogen (secondary N) is 2. The molecule has 0 saturated heterocycles. The second kappa shape index (κ2) is 9.45. The third-order valence-electron chi connectivity index (χ3n) is 4.06. The van der Waals surface area contributed by atoms with Crippen molar-refractivity contribution in [1.82, 2.24) is 10.3 Å². The highest BCUT2D eigenvalue weighted by Gasteiger charge is 2.14. The van der Waals surface area contributed by atoms with Crippen molar-refractivity contribution >= 4 is 17.5 Å². The van der Waals surface area contributed by atoms with Crippen molar-refractivity contribution in [3.63, 3.8) is 0 Å². The average molecular weight is 393 g/mol. The van der Waals surface area contributed by atoms with Gasteiger partial charge < -0.3 is 15.4 Å². The van der Waals surface area contributed by atoms with E-state index in [9.17, 15) is 14.0 Å². The van der Waals surface area contributed by atoms with Crippen LogP contribution in [0.4, 0.5) is 10.1 Å². The van der Waals surface area contributed by atoms with E-state index in [2.05, 4.69) is 15.6 Å². The van der Waals surface area contributed by atoms with Crippen LogP contribution in [0.5, 0.6) is 5.75 Å². The molecule has 3 aromatic rings. The van der Waals surface area contributed by atoms with Gasteiger partial charge in [0, 0.05) is 18.3 Å². The average Bonchev–Trinajstić information content (AvgIpc) is 2.75. The molecule has 0 fully saturated rings. The molecule has 29 heavy (non-hydrogen) atoms. The zero-order valence-electron chi connectivity index (χ0n) is 15.8. The highest BCUT2D eigenvalue weighted by atomic mass is 19.1. The number of halogens is 1. The summed E-state index contributed by atoms with van der Waals surface area (Å²) >= 11 is 0. The molecule has 2 amide bonds. The molecule has 2 aromatic carbocycles. The molecule has 6 nitrogen and oxygen atoms in total. The number of para-hydroxylation sites is 2. The number of carbonyl (C=O) groups is 2. The van der Waals surface area contributed by atoms with Crippen molar-refractivity contribution in [2.75, 3.05) is 11.9 Å². The fraction of sp³-hybridized carbons (Fsp3) is 0.136. The minimum Gasteiger partial charge on any atom is -0.492 e. The number of hydrogen-bond acceptors (Lipinski definition) is 4. The van der Waals surface area contributed by atoms with Gasteiger partial charge in [0.1, 0.15) is 17.3 Å². The zero-order valence-corrected chi connectivity index (χ0v) is 15.8. The summed E-state index contributed by atoms with van der Waals surface area (Å²) in [5.41, 5.74) is 1.68. The summed E-state index contributed by atoms with van der Waals surface area (Å²) in [7, 11) is 0. The summed E-state index contributed by atoms with van der Waals surface area (Å²) in [6.45, 7) is 2.56. The summed E-state index contributed by atoms with van der Waals surface area (Å²) in [4.78, 5) is 29.0. The largest absolute Gasteiger partial charge is 0.492 e. The van der Waals surface area contributed by atoms with Gasteiger partial charge in [0.05, 0.1) is 12.3 Å². The molecule has 7 heteroatoms. The van der Waals surface area contributed by atoms with E-state index in [1.54, 1.807) is 30.3 Å². The molecule has 0 unspecified atom stereocenters. The number of rotatable bonds is 7.